The van der Waals surface area contributed by atoms with Gasteiger partial charge in [-0.25, -0.2) is 0 Å². The fourth-order valence-electron chi connectivity index (χ4n) is 1.82. The molecule has 2 unspecified atom stereocenters. The molecule has 1 N–H and O–H groups in total. The molecule has 1 fully saturated rings. The van der Waals surface area contributed by atoms with Gasteiger partial charge in [-0.15, -0.1) is 10.2 Å². The molecular formula is C11H13N3OS. The van der Waals surface area contributed by atoms with Crippen molar-refractivity contribution in [2.75, 3.05) is 5.32 Å². The minimum atomic E-state index is 0.648. The van der Waals surface area contributed by atoms with Crippen molar-refractivity contribution in [1.29, 1.82) is 0 Å². The Hall–Kier alpha value is -1.36. The predicted octanol–water partition coefficient (Wildman–Crippen LogP) is 2.87. The van der Waals surface area contributed by atoms with Crippen LogP contribution in [0.5, 0.6) is 0 Å². The number of hydrogen-bond donors (Lipinski definition) is 1. The molecule has 84 valence electrons. The van der Waals surface area contributed by atoms with Crippen molar-refractivity contribution in [3.05, 3.63) is 29.2 Å². The van der Waals surface area contributed by atoms with E-state index < -0.39 is 0 Å². The first-order valence-corrected chi connectivity index (χ1v) is 6.29. The van der Waals surface area contributed by atoms with E-state index in [9.17, 15) is 0 Å². The van der Waals surface area contributed by atoms with Gasteiger partial charge in [0.25, 0.3) is 0 Å². The number of nitrogens with zero attached hydrogens (tertiary/aromatic N) is 2. The Morgan fingerprint density at radius 1 is 1.56 bits per heavy atom. The van der Waals surface area contributed by atoms with Crippen molar-refractivity contribution in [2.24, 2.45) is 5.92 Å². The van der Waals surface area contributed by atoms with Gasteiger partial charge in [0.2, 0.25) is 5.13 Å². The van der Waals surface area contributed by atoms with Crippen LogP contribution in [0.2, 0.25) is 0 Å². The average molecular weight is 235 g/mol. The Balaban J connectivity index is 1.60. The number of furan rings is 1. The van der Waals surface area contributed by atoms with Gasteiger partial charge < -0.3 is 9.73 Å². The summed E-state index contributed by atoms with van der Waals surface area (Å²) in [6.07, 6.45) is 1.26. The van der Waals surface area contributed by atoms with Crippen molar-refractivity contribution < 1.29 is 4.42 Å². The van der Waals surface area contributed by atoms with Crippen molar-refractivity contribution >= 4 is 16.5 Å². The fourth-order valence-corrected chi connectivity index (χ4v) is 2.26. The number of anilines is 1. The third-order valence-electron chi connectivity index (χ3n) is 2.93. The molecule has 0 bridgehead atoms. The summed E-state index contributed by atoms with van der Waals surface area (Å²) in [7, 11) is 0. The van der Waals surface area contributed by atoms with E-state index in [1.54, 1.807) is 5.51 Å². The van der Waals surface area contributed by atoms with Crippen molar-refractivity contribution in [3.63, 3.8) is 0 Å². The maximum Gasteiger partial charge on any atom is 0.205 e. The summed E-state index contributed by atoms with van der Waals surface area (Å²) in [6, 6.07) is 4.12. The summed E-state index contributed by atoms with van der Waals surface area (Å²) in [5.74, 6) is 3.52. The van der Waals surface area contributed by atoms with Gasteiger partial charge in [0.05, 0.1) is 6.54 Å². The number of hydrogen-bond acceptors (Lipinski definition) is 5. The Morgan fingerprint density at radius 2 is 2.44 bits per heavy atom. The topological polar surface area (TPSA) is 51.0 Å². The highest BCUT2D eigenvalue weighted by atomic mass is 32.1. The van der Waals surface area contributed by atoms with Crippen molar-refractivity contribution in [3.8, 4) is 0 Å². The van der Waals surface area contributed by atoms with Crippen LogP contribution in [0.1, 0.15) is 30.8 Å². The van der Waals surface area contributed by atoms with Crippen LogP contribution in [-0.4, -0.2) is 10.2 Å². The van der Waals surface area contributed by atoms with Gasteiger partial charge in [-0.1, -0.05) is 18.3 Å². The lowest BCUT2D eigenvalue weighted by Gasteiger charge is -1.98. The molecule has 0 spiro atoms. The van der Waals surface area contributed by atoms with Gasteiger partial charge in [-0.2, -0.15) is 0 Å². The van der Waals surface area contributed by atoms with Crippen LogP contribution in [0, 0.1) is 5.92 Å². The smallest absolute Gasteiger partial charge is 0.205 e. The predicted molar refractivity (Wildman–Crippen MR) is 62.5 cm³/mol. The van der Waals surface area contributed by atoms with Gasteiger partial charge in [-0.05, 0) is 24.5 Å². The molecule has 5 heteroatoms. The molecule has 1 aliphatic rings. The Bertz CT molecular complexity index is 465. The minimum Gasteiger partial charge on any atom is -0.464 e. The van der Waals surface area contributed by atoms with Gasteiger partial charge in [0.15, 0.2) is 0 Å². The van der Waals surface area contributed by atoms with Crippen LogP contribution in [0.25, 0.3) is 0 Å². The fraction of sp³-hybridized carbons (Fsp3) is 0.455. The second-order valence-electron chi connectivity index (χ2n) is 4.22. The van der Waals surface area contributed by atoms with Crippen LogP contribution < -0.4 is 5.32 Å². The highest BCUT2D eigenvalue weighted by molar-refractivity contribution is 7.13. The lowest BCUT2D eigenvalue weighted by Crippen LogP contribution is -1.97. The number of aromatic nitrogens is 2. The minimum absolute atomic E-state index is 0.648. The first-order valence-electron chi connectivity index (χ1n) is 5.41. The molecule has 1 aliphatic carbocycles. The highest BCUT2D eigenvalue weighted by Gasteiger charge is 2.36. The monoisotopic (exact) mass is 235 g/mol. The van der Waals surface area contributed by atoms with E-state index in [0.29, 0.717) is 12.5 Å². The lowest BCUT2D eigenvalue weighted by molar-refractivity contribution is 0.468. The van der Waals surface area contributed by atoms with Crippen LogP contribution in [0.3, 0.4) is 0 Å². The zero-order valence-corrected chi connectivity index (χ0v) is 9.83. The molecule has 1 saturated carbocycles. The molecule has 2 atom stereocenters. The quantitative estimate of drug-likeness (QED) is 0.885. The van der Waals surface area contributed by atoms with Gasteiger partial charge in [0.1, 0.15) is 17.0 Å². The first kappa shape index (κ1) is 9.84. The molecule has 2 heterocycles. The molecule has 0 amide bonds. The number of nitrogens with one attached hydrogen (secondary N) is 1. The second kappa shape index (κ2) is 3.90. The van der Waals surface area contributed by atoms with E-state index in [2.05, 4.69) is 28.5 Å². The average Bonchev–Trinajstić information content (AvgIpc) is 2.80. The van der Waals surface area contributed by atoms with E-state index >= 15 is 0 Å². The summed E-state index contributed by atoms with van der Waals surface area (Å²) in [5.41, 5.74) is 1.71. The normalized spacial score (nSPS) is 23.3. The van der Waals surface area contributed by atoms with E-state index in [-0.39, 0.29) is 0 Å². The zero-order valence-electron chi connectivity index (χ0n) is 9.01. The number of rotatable bonds is 4. The molecule has 3 rings (SSSR count). The lowest BCUT2D eigenvalue weighted by atomic mass is 10.3. The van der Waals surface area contributed by atoms with Crippen molar-refractivity contribution in [1.82, 2.24) is 10.2 Å². The van der Waals surface area contributed by atoms with Crippen LogP contribution in [0.15, 0.2) is 22.1 Å². The molecule has 16 heavy (non-hydrogen) atoms. The third kappa shape index (κ3) is 1.95. The Kier molecular flexibility index (Phi) is 2.40. The maximum atomic E-state index is 5.77. The molecule has 0 saturated heterocycles. The standard InChI is InChI=1S/C11H13N3OS/c1-7-4-9(7)10-3-2-8(15-10)5-12-11-14-13-6-16-11/h2-3,6-7,9H,4-5H2,1H3,(H,12,14). The van der Waals surface area contributed by atoms with Gasteiger partial charge in [0, 0.05) is 5.92 Å². The van der Waals surface area contributed by atoms with Crippen LogP contribution >= 0.6 is 11.3 Å². The van der Waals surface area contributed by atoms with E-state index in [4.69, 9.17) is 4.42 Å². The SMILES string of the molecule is CC1CC1c1ccc(CNc2nncs2)o1. The molecule has 2 aromatic rings. The van der Waals surface area contributed by atoms with E-state index in [1.165, 1.54) is 17.8 Å². The van der Waals surface area contributed by atoms with E-state index in [1.807, 2.05) is 6.07 Å². The zero-order chi connectivity index (χ0) is 11.0. The molecule has 0 radical (unpaired) electrons. The summed E-state index contributed by atoms with van der Waals surface area (Å²) < 4.78 is 5.77. The summed E-state index contributed by atoms with van der Waals surface area (Å²) in [5, 5.41) is 11.7. The first-order chi connectivity index (χ1) is 7.83. The molecule has 2 aromatic heterocycles. The summed E-state index contributed by atoms with van der Waals surface area (Å²) in [6.45, 7) is 2.93. The van der Waals surface area contributed by atoms with Gasteiger partial charge >= 0.3 is 0 Å². The largest absolute Gasteiger partial charge is 0.464 e. The summed E-state index contributed by atoms with van der Waals surface area (Å²) in [4.78, 5) is 0. The summed E-state index contributed by atoms with van der Waals surface area (Å²) >= 11 is 1.49. The van der Waals surface area contributed by atoms with Crippen LogP contribution in [-0.2, 0) is 6.54 Å². The van der Waals surface area contributed by atoms with Crippen molar-refractivity contribution in [2.45, 2.75) is 25.8 Å². The molecular weight excluding hydrogens is 222 g/mol. The maximum absolute atomic E-state index is 5.77. The van der Waals surface area contributed by atoms with Gasteiger partial charge in [-0.3, -0.25) is 0 Å². The second-order valence-corrected chi connectivity index (χ2v) is 5.05. The molecule has 0 aromatic carbocycles. The Morgan fingerprint density at radius 3 is 3.12 bits per heavy atom. The molecule has 0 aliphatic heterocycles. The van der Waals surface area contributed by atoms with Crippen LogP contribution in [0.4, 0.5) is 5.13 Å². The highest BCUT2D eigenvalue weighted by Crippen LogP contribution is 2.47. The Labute approximate surface area is 97.7 Å². The molecule has 4 nitrogen and oxygen atoms in total. The van der Waals surface area contributed by atoms with E-state index in [0.717, 1.165) is 22.6 Å². The third-order valence-corrected chi connectivity index (χ3v) is 3.58.